The quantitative estimate of drug-likeness (QED) is 0.426. The Labute approximate surface area is 91.5 Å². The van der Waals surface area contributed by atoms with Crippen LogP contribution in [0.1, 0.15) is 19.8 Å². The third kappa shape index (κ3) is 9.65. The summed E-state index contributed by atoms with van der Waals surface area (Å²) >= 11 is 0. The molecule has 5 heteroatoms. The first-order chi connectivity index (χ1) is 7.20. The molecule has 15 heavy (non-hydrogen) atoms. The lowest BCUT2D eigenvalue weighted by molar-refractivity contribution is -0.121. The van der Waals surface area contributed by atoms with Crippen LogP contribution in [0, 0.1) is 0 Å². The van der Waals surface area contributed by atoms with Crippen LogP contribution in [-0.2, 0) is 14.3 Å². The van der Waals surface area contributed by atoms with Crippen LogP contribution in [-0.4, -0.2) is 46.1 Å². The molecule has 90 valence electrons. The number of carbonyl (C=O) groups excluding carboxylic acids is 1. The van der Waals surface area contributed by atoms with E-state index in [4.69, 9.17) is 9.47 Å². The van der Waals surface area contributed by atoms with Crippen molar-refractivity contribution in [3.63, 3.8) is 0 Å². The molecule has 2 N–H and O–H groups in total. The number of carbonyl (C=O) groups is 1. The van der Waals surface area contributed by atoms with Crippen molar-refractivity contribution >= 4 is 5.91 Å². The van der Waals surface area contributed by atoms with Crippen LogP contribution >= 0.6 is 0 Å². The fourth-order valence-electron chi connectivity index (χ4n) is 1.02. The molecule has 0 aliphatic rings. The maximum atomic E-state index is 10.9. The number of hydrogen-bond acceptors (Lipinski definition) is 4. The van der Waals surface area contributed by atoms with Crippen molar-refractivity contribution in [2.24, 2.45) is 0 Å². The molecule has 0 heterocycles. The lowest BCUT2D eigenvalue weighted by Gasteiger charge is -2.12. The highest BCUT2D eigenvalue weighted by Gasteiger charge is 2.02. The predicted octanol–water partition coefficient (Wildman–Crippen LogP) is 0.111. The Morgan fingerprint density at radius 2 is 2.13 bits per heavy atom. The number of hydrogen-bond donors (Lipinski definition) is 2. The average molecular weight is 218 g/mol. The molecule has 0 radical (unpaired) electrons. The van der Waals surface area contributed by atoms with Gasteiger partial charge in [-0.2, -0.15) is 0 Å². The lowest BCUT2D eigenvalue weighted by Crippen LogP contribution is -2.22. The highest BCUT2D eigenvalue weighted by molar-refractivity contribution is 5.75. The van der Waals surface area contributed by atoms with Crippen molar-refractivity contribution < 1.29 is 14.3 Å². The molecular weight excluding hydrogens is 196 g/mol. The molecule has 1 unspecified atom stereocenters. The minimum absolute atomic E-state index is 0.0534. The highest BCUT2D eigenvalue weighted by atomic mass is 16.5. The molecular formula is C10H22N2O3. The first kappa shape index (κ1) is 14.3. The molecule has 5 nitrogen and oxygen atoms in total. The van der Waals surface area contributed by atoms with Gasteiger partial charge in [-0.05, 0) is 20.4 Å². The van der Waals surface area contributed by atoms with Crippen LogP contribution in [0.25, 0.3) is 0 Å². The maximum absolute atomic E-state index is 10.9. The monoisotopic (exact) mass is 218 g/mol. The van der Waals surface area contributed by atoms with E-state index in [1.165, 1.54) is 0 Å². The van der Waals surface area contributed by atoms with E-state index in [9.17, 15) is 4.79 Å². The fraction of sp³-hybridized carbons (Fsp3) is 0.900. The van der Waals surface area contributed by atoms with Gasteiger partial charge >= 0.3 is 0 Å². The van der Waals surface area contributed by atoms with E-state index >= 15 is 0 Å². The van der Waals surface area contributed by atoms with Crippen LogP contribution in [0.2, 0.25) is 0 Å². The summed E-state index contributed by atoms with van der Waals surface area (Å²) in [5.74, 6) is 0.0534. The van der Waals surface area contributed by atoms with Gasteiger partial charge in [0.25, 0.3) is 0 Å². The van der Waals surface area contributed by atoms with Gasteiger partial charge in [-0.25, -0.2) is 0 Å². The van der Waals surface area contributed by atoms with Crippen molar-refractivity contribution in [1.29, 1.82) is 0 Å². The van der Waals surface area contributed by atoms with Gasteiger partial charge in [-0.1, -0.05) is 0 Å². The molecule has 1 amide bonds. The molecule has 0 rings (SSSR count). The minimum Gasteiger partial charge on any atom is -0.376 e. The van der Waals surface area contributed by atoms with E-state index < -0.39 is 0 Å². The maximum Gasteiger partial charge on any atom is 0.219 e. The molecule has 0 aromatic heterocycles. The van der Waals surface area contributed by atoms with Crippen LogP contribution in [0.5, 0.6) is 0 Å². The second-order valence-electron chi connectivity index (χ2n) is 3.33. The van der Waals surface area contributed by atoms with E-state index in [1.807, 2.05) is 14.0 Å². The van der Waals surface area contributed by atoms with E-state index in [2.05, 4.69) is 10.6 Å². The van der Waals surface area contributed by atoms with Crippen molar-refractivity contribution in [3.05, 3.63) is 0 Å². The van der Waals surface area contributed by atoms with Crippen molar-refractivity contribution in [2.45, 2.75) is 25.9 Å². The number of amides is 1. The molecule has 0 aliphatic heterocycles. The number of ether oxygens (including phenoxy) is 2. The van der Waals surface area contributed by atoms with Gasteiger partial charge in [0.1, 0.15) is 0 Å². The summed E-state index contributed by atoms with van der Waals surface area (Å²) in [5, 5.41) is 5.45. The van der Waals surface area contributed by atoms with E-state index in [0.717, 1.165) is 6.42 Å². The van der Waals surface area contributed by atoms with E-state index in [1.54, 1.807) is 7.05 Å². The van der Waals surface area contributed by atoms with Crippen molar-refractivity contribution in [3.8, 4) is 0 Å². The van der Waals surface area contributed by atoms with Crippen LogP contribution in [0.15, 0.2) is 0 Å². The standard InChI is InChI=1S/C10H22N2O3/c1-9(7-14-8-11-2)15-6-4-5-10(13)12-3/h9,11H,4-8H2,1-3H3,(H,12,13). The molecule has 0 aromatic carbocycles. The largest absolute Gasteiger partial charge is 0.376 e. The fourth-order valence-corrected chi connectivity index (χ4v) is 1.02. The summed E-state index contributed by atoms with van der Waals surface area (Å²) < 4.78 is 10.7. The van der Waals surface area contributed by atoms with Crippen molar-refractivity contribution in [2.75, 3.05) is 34.0 Å². The Kier molecular flexibility index (Phi) is 9.46. The summed E-state index contributed by atoms with van der Waals surface area (Å²) in [6, 6.07) is 0. The topological polar surface area (TPSA) is 59.6 Å². The van der Waals surface area contributed by atoms with Gasteiger partial charge in [0.15, 0.2) is 0 Å². The van der Waals surface area contributed by atoms with Gasteiger partial charge in [-0.15, -0.1) is 0 Å². The third-order valence-corrected chi connectivity index (χ3v) is 1.83. The lowest BCUT2D eigenvalue weighted by atomic mass is 10.3. The SMILES string of the molecule is CNCOCC(C)OCCCC(=O)NC. The van der Waals surface area contributed by atoms with Crippen LogP contribution in [0.4, 0.5) is 0 Å². The predicted molar refractivity (Wildman–Crippen MR) is 58.6 cm³/mol. The second kappa shape index (κ2) is 9.89. The third-order valence-electron chi connectivity index (χ3n) is 1.83. The molecule has 0 saturated heterocycles. The Morgan fingerprint density at radius 3 is 2.73 bits per heavy atom. The highest BCUT2D eigenvalue weighted by Crippen LogP contribution is 1.96. The second-order valence-corrected chi connectivity index (χ2v) is 3.33. The van der Waals surface area contributed by atoms with Gasteiger partial charge in [0.2, 0.25) is 5.91 Å². The number of nitrogens with one attached hydrogen (secondary N) is 2. The Hall–Kier alpha value is -0.650. The van der Waals surface area contributed by atoms with Crippen LogP contribution < -0.4 is 10.6 Å². The van der Waals surface area contributed by atoms with Gasteiger partial charge in [-0.3, -0.25) is 10.1 Å². The first-order valence-electron chi connectivity index (χ1n) is 5.25. The molecule has 1 atom stereocenters. The Morgan fingerprint density at radius 1 is 1.40 bits per heavy atom. The smallest absolute Gasteiger partial charge is 0.219 e. The van der Waals surface area contributed by atoms with Gasteiger partial charge in [0, 0.05) is 20.1 Å². The van der Waals surface area contributed by atoms with E-state index in [-0.39, 0.29) is 12.0 Å². The summed E-state index contributed by atoms with van der Waals surface area (Å²) in [7, 11) is 3.46. The summed E-state index contributed by atoms with van der Waals surface area (Å²) in [5.41, 5.74) is 0. The van der Waals surface area contributed by atoms with Gasteiger partial charge in [0.05, 0.1) is 19.4 Å². The number of rotatable bonds is 9. The molecule has 0 saturated carbocycles. The summed E-state index contributed by atoms with van der Waals surface area (Å²) in [6.45, 7) is 3.65. The molecule has 0 spiro atoms. The zero-order chi connectivity index (χ0) is 11.5. The average Bonchev–Trinajstić information content (AvgIpc) is 2.24. The molecule has 0 aliphatic carbocycles. The molecule has 0 bridgehead atoms. The minimum atomic E-state index is 0.0534. The molecule has 0 aromatic rings. The molecule has 0 fully saturated rings. The first-order valence-corrected chi connectivity index (χ1v) is 5.25. The normalized spacial score (nSPS) is 12.5. The zero-order valence-corrected chi connectivity index (χ0v) is 9.84. The Balaban J connectivity index is 3.23. The zero-order valence-electron chi connectivity index (χ0n) is 9.84. The van der Waals surface area contributed by atoms with Crippen LogP contribution in [0.3, 0.4) is 0 Å². The van der Waals surface area contributed by atoms with Gasteiger partial charge < -0.3 is 14.8 Å². The van der Waals surface area contributed by atoms with E-state index in [0.29, 0.717) is 26.4 Å². The Bertz CT molecular complexity index is 165. The summed E-state index contributed by atoms with van der Waals surface area (Å²) in [4.78, 5) is 10.9. The summed E-state index contributed by atoms with van der Waals surface area (Å²) in [6.07, 6.45) is 1.33. The van der Waals surface area contributed by atoms with Crippen molar-refractivity contribution in [1.82, 2.24) is 10.6 Å².